The number of methoxy groups -OCH3 is 1. The highest BCUT2D eigenvalue weighted by atomic mass is 32.1. The van der Waals surface area contributed by atoms with Gasteiger partial charge in [0.2, 0.25) is 0 Å². The van der Waals surface area contributed by atoms with Gasteiger partial charge in [-0.3, -0.25) is 9.78 Å². The van der Waals surface area contributed by atoms with E-state index in [2.05, 4.69) is 28.3 Å². The van der Waals surface area contributed by atoms with Crippen LogP contribution in [0.15, 0.2) is 41.9 Å². The van der Waals surface area contributed by atoms with E-state index >= 15 is 4.39 Å². The number of carbonyl (C=O) groups is 1. The zero-order valence-corrected chi connectivity index (χ0v) is 21.4. The molecule has 0 bridgehead atoms. The van der Waals surface area contributed by atoms with E-state index in [-0.39, 0.29) is 5.92 Å². The summed E-state index contributed by atoms with van der Waals surface area (Å²) in [5.41, 5.74) is 2.70. The van der Waals surface area contributed by atoms with Gasteiger partial charge in [-0.2, -0.15) is 0 Å². The topological polar surface area (TPSA) is 62.7 Å². The smallest absolute Gasteiger partial charge is 0.308 e. The maximum atomic E-state index is 15.4. The second kappa shape index (κ2) is 12.0. The van der Waals surface area contributed by atoms with Crippen molar-refractivity contribution in [3.8, 4) is 5.75 Å². The number of aryl methyl sites for hydroxylation is 2. The van der Waals surface area contributed by atoms with Crippen molar-refractivity contribution < 1.29 is 19.0 Å². The molecule has 4 rings (SSSR count). The van der Waals surface area contributed by atoms with Gasteiger partial charge in [0.15, 0.2) is 0 Å². The van der Waals surface area contributed by atoms with Gasteiger partial charge in [0, 0.05) is 23.0 Å². The number of unbranched alkanes of at least 4 members (excludes halogenated alkanes) is 1. The number of ether oxygens (including phenoxy) is 1. The number of hydrogen-bond acceptors (Lipinski definition) is 5. The van der Waals surface area contributed by atoms with Crippen LogP contribution < -0.4 is 4.74 Å². The van der Waals surface area contributed by atoms with E-state index in [0.29, 0.717) is 30.7 Å². The Balaban J connectivity index is 1.30. The van der Waals surface area contributed by atoms with Gasteiger partial charge < -0.3 is 14.7 Å². The molecule has 0 saturated carbocycles. The van der Waals surface area contributed by atoms with Gasteiger partial charge in [-0.1, -0.05) is 0 Å². The van der Waals surface area contributed by atoms with E-state index in [1.54, 1.807) is 19.4 Å². The Morgan fingerprint density at radius 3 is 2.91 bits per heavy atom. The van der Waals surface area contributed by atoms with E-state index in [0.717, 1.165) is 49.7 Å². The normalized spacial score (nSPS) is 19.6. The summed E-state index contributed by atoms with van der Waals surface area (Å²) < 4.78 is 20.7. The van der Waals surface area contributed by atoms with E-state index < -0.39 is 18.1 Å². The van der Waals surface area contributed by atoms with Crippen molar-refractivity contribution in [2.75, 3.05) is 26.7 Å². The summed E-state index contributed by atoms with van der Waals surface area (Å²) in [6.07, 6.45) is 5.43. The Bertz CT molecular complexity index is 1130. The van der Waals surface area contributed by atoms with Crippen LogP contribution in [0.3, 0.4) is 0 Å². The summed E-state index contributed by atoms with van der Waals surface area (Å²) in [5.74, 6) is -0.533. The maximum absolute atomic E-state index is 15.4. The van der Waals surface area contributed by atoms with Crippen LogP contribution in [0.25, 0.3) is 10.9 Å². The van der Waals surface area contributed by atoms with Gasteiger partial charge in [-0.15, -0.1) is 11.3 Å². The van der Waals surface area contributed by atoms with Crippen LogP contribution in [0, 0.1) is 18.8 Å². The molecule has 1 N–H and O–H groups in total. The molecular formula is C28H35FN2O3S. The van der Waals surface area contributed by atoms with Crippen molar-refractivity contribution in [1.82, 2.24) is 9.88 Å². The fourth-order valence-electron chi connectivity index (χ4n) is 5.24. The predicted octanol–water partition coefficient (Wildman–Crippen LogP) is 6.45. The van der Waals surface area contributed by atoms with Crippen LogP contribution in [0.5, 0.6) is 5.75 Å². The molecular weight excluding hydrogens is 463 g/mol. The van der Waals surface area contributed by atoms with Gasteiger partial charge in [-0.25, -0.2) is 4.39 Å². The summed E-state index contributed by atoms with van der Waals surface area (Å²) in [6, 6.07) is 9.37. The molecule has 1 saturated heterocycles. The van der Waals surface area contributed by atoms with Gasteiger partial charge in [0.05, 0.1) is 18.5 Å². The Morgan fingerprint density at radius 1 is 1.31 bits per heavy atom. The highest BCUT2D eigenvalue weighted by Crippen LogP contribution is 2.35. The largest absolute Gasteiger partial charge is 0.497 e. The Labute approximate surface area is 210 Å². The number of fused-ring (bicyclic) bond motifs is 1. The number of halogens is 1. The molecule has 0 spiro atoms. The van der Waals surface area contributed by atoms with Crippen molar-refractivity contribution in [3.05, 3.63) is 57.9 Å². The highest BCUT2D eigenvalue weighted by molar-refractivity contribution is 7.10. The minimum Gasteiger partial charge on any atom is -0.497 e. The van der Waals surface area contributed by atoms with Crippen LogP contribution >= 0.6 is 11.3 Å². The number of pyridine rings is 1. The number of piperidine rings is 1. The molecule has 3 atom stereocenters. The van der Waals surface area contributed by atoms with Crippen molar-refractivity contribution in [2.24, 2.45) is 11.8 Å². The number of likely N-dealkylation sites (tertiary alicyclic amines) is 1. The minimum atomic E-state index is -1.17. The molecule has 3 aromatic rings. The van der Waals surface area contributed by atoms with Crippen LogP contribution in [0.4, 0.5) is 4.39 Å². The zero-order valence-electron chi connectivity index (χ0n) is 20.6. The first-order valence-electron chi connectivity index (χ1n) is 12.5. The zero-order chi connectivity index (χ0) is 24.8. The number of alkyl halides is 1. The summed E-state index contributed by atoms with van der Waals surface area (Å²) >= 11 is 1.82. The number of aliphatic carboxylic acids is 1. The number of carboxylic acid groups (broad SMARTS) is 1. The fraction of sp³-hybridized carbons (Fsp3) is 0.500. The molecule has 1 aliphatic rings. The molecule has 1 fully saturated rings. The van der Waals surface area contributed by atoms with E-state index in [4.69, 9.17) is 4.74 Å². The summed E-state index contributed by atoms with van der Waals surface area (Å²) in [4.78, 5) is 20.1. The van der Waals surface area contributed by atoms with E-state index in [9.17, 15) is 9.90 Å². The number of rotatable bonds is 11. The lowest BCUT2D eigenvalue weighted by atomic mass is 9.81. The Hall–Kier alpha value is -2.51. The molecule has 5 nitrogen and oxygen atoms in total. The molecule has 0 unspecified atom stereocenters. The van der Waals surface area contributed by atoms with Gasteiger partial charge in [0.1, 0.15) is 11.9 Å². The SMILES string of the molecule is COc1ccc2nccc([C@@H](F)CC[C@@H]3CCN(CCCCc4sccc4C)C[C@@H]3C(=O)O)c2c1. The summed E-state index contributed by atoms with van der Waals surface area (Å²) in [7, 11) is 1.59. The maximum Gasteiger partial charge on any atom is 0.308 e. The molecule has 0 aliphatic carbocycles. The summed E-state index contributed by atoms with van der Waals surface area (Å²) in [5, 5.41) is 12.8. The molecule has 188 valence electrons. The third-order valence-corrected chi connectivity index (χ3v) is 8.45. The highest BCUT2D eigenvalue weighted by Gasteiger charge is 2.34. The van der Waals surface area contributed by atoms with Crippen molar-refractivity contribution in [1.29, 1.82) is 0 Å². The lowest BCUT2D eigenvalue weighted by Crippen LogP contribution is -2.44. The lowest BCUT2D eigenvalue weighted by molar-refractivity contribution is -0.146. The predicted molar refractivity (Wildman–Crippen MR) is 139 cm³/mol. The number of thiophene rings is 1. The first kappa shape index (κ1) is 25.6. The average molecular weight is 499 g/mol. The van der Waals surface area contributed by atoms with E-state index in [1.165, 1.54) is 10.4 Å². The standard InChI is InChI=1S/C28H35FN2O3S/c1-19-12-16-35-27(19)5-3-4-14-31-15-11-20(24(18-31)28(32)33)6-8-25(29)22-10-13-30-26-9-7-21(34-2)17-23(22)26/h7,9-10,12-13,16-17,20,24-25H,3-6,8,11,14-15,18H2,1-2H3,(H,32,33)/t20-,24+,25+/m1/s1. The van der Waals surface area contributed by atoms with Crippen molar-refractivity contribution in [2.45, 2.75) is 51.6 Å². The first-order chi connectivity index (χ1) is 17.0. The Morgan fingerprint density at radius 2 is 2.17 bits per heavy atom. The van der Waals surface area contributed by atoms with Crippen LogP contribution in [-0.2, 0) is 11.2 Å². The van der Waals surface area contributed by atoms with Gasteiger partial charge in [-0.05, 0) is 111 Å². The second-order valence-corrected chi connectivity index (χ2v) is 10.6. The quantitative estimate of drug-likeness (QED) is 0.308. The molecule has 0 radical (unpaired) electrons. The Kier molecular flexibility index (Phi) is 8.74. The summed E-state index contributed by atoms with van der Waals surface area (Å²) in [6.45, 7) is 4.53. The van der Waals surface area contributed by atoms with Crippen LogP contribution in [0.1, 0.15) is 54.3 Å². The first-order valence-corrected chi connectivity index (χ1v) is 13.4. The van der Waals surface area contributed by atoms with Gasteiger partial charge in [0.25, 0.3) is 0 Å². The van der Waals surface area contributed by atoms with E-state index in [1.807, 2.05) is 29.5 Å². The van der Waals surface area contributed by atoms with Crippen LogP contribution in [-0.4, -0.2) is 47.7 Å². The number of aromatic nitrogens is 1. The number of hydrogen-bond donors (Lipinski definition) is 1. The second-order valence-electron chi connectivity index (χ2n) is 9.61. The monoisotopic (exact) mass is 498 g/mol. The molecule has 7 heteroatoms. The number of carboxylic acids is 1. The minimum absolute atomic E-state index is 0.00148. The molecule has 3 heterocycles. The van der Waals surface area contributed by atoms with Crippen molar-refractivity contribution >= 4 is 28.2 Å². The molecule has 2 aromatic heterocycles. The third-order valence-electron chi connectivity index (χ3n) is 7.36. The van der Waals surface area contributed by atoms with Crippen LogP contribution in [0.2, 0.25) is 0 Å². The molecule has 35 heavy (non-hydrogen) atoms. The lowest BCUT2D eigenvalue weighted by Gasteiger charge is -2.37. The fourth-order valence-corrected chi connectivity index (χ4v) is 6.19. The number of benzene rings is 1. The molecule has 0 amide bonds. The average Bonchev–Trinajstić information content (AvgIpc) is 3.29. The van der Waals surface area contributed by atoms with Gasteiger partial charge >= 0.3 is 5.97 Å². The molecule has 1 aliphatic heterocycles. The third kappa shape index (κ3) is 6.39. The molecule has 1 aromatic carbocycles. The van der Waals surface area contributed by atoms with Crippen molar-refractivity contribution in [3.63, 3.8) is 0 Å². The number of nitrogens with zero attached hydrogens (tertiary/aromatic N) is 2.